The zero-order valence-corrected chi connectivity index (χ0v) is 12.7. The van der Waals surface area contributed by atoms with Crippen molar-refractivity contribution in [2.24, 2.45) is 0 Å². The van der Waals surface area contributed by atoms with Crippen molar-refractivity contribution in [1.29, 1.82) is 0 Å². The topological polar surface area (TPSA) is 113 Å². The summed E-state index contributed by atoms with van der Waals surface area (Å²) >= 11 is 5.56. The van der Waals surface area contributed by atoms with Gasteiger partial charge in [-0.3, -0.25) is 4.79 Å². The van der Waals surface area contributed by atoms with Crippen molar-refractivity contribution in [1.82, 2.24) is 9.71 Å². The van der Waals surface area contributed by atoms with Gasteiger partial charge in [0.25, 0.3) is 5.56 Å². The van der Waals surface area contributed by atoms with Crippen LogP contribution in [0.3, 0.4) is 0 Å². The SMILES string of the molecule is O=c1[nH]cc(S(=O)(=O)NCC2CCCS2(=O)=O)cc1Cl. The van der Waals surface area contributed by atoms with Gasteiger partial charge >= 0.3 is 0 Å². The van der Waals surface area contributed by atoms with Crippen LogP contribution in [0.4, 0.5) is 0 Å². The van der Waals surface area contributed by atoms with Crippen molar-refractivity contribution in [2.45, 2.75) is 23.0 Å². The molecule has 0 saturated carbocycles. The number of hydrogen-bond acceptors (Lipinski definition) is 5. The molecule has 1 aliphatic rings. The van der Waals surface area contributed by atoms with Crippen molar-refractivity contribution in [3.63, 3.8) is 0 Å². The minimum absolute atomic E-state index is 0.0872. The summed E-state index contributed by atoms with van der Waals surface area (Å²) in [4.78, 5) is 13.1. The van der Waals surface area contributed by atoms with Gasteiger partial charge in [-0.25, -0.2) is 21.6 Å². The van der Waals surface area contributed by atoms with Crippen LogP contribution in [0.15, 0.2) is 22.0 Å². The van der Waals surface area contributed by atoms with E-state index in [0.717, 1.165) is 12.3 Å². The lowest BCUT2D eigenvalue weighted by Crippen LogP contribution is -2.34. The first-order chi connectivity index (χ1) is 9.22. The molecule has 0 bridgehead atoms. The van der Waals surface area contributed by atoms with E-state index in [1.54, 1.807) is 0 Å². The summed E-state index contributed by atoms with van der Waals surface area (Å²) in [6, 6.07) is 1.02. The van der Waals surface area contributed by atoms with E-state index in [0.29, 0.717) is 12.8 Å². The molecule has 2 rings (SSSR count). The Morgan fingerprint density at radius 2 is 2.15 bits per heavy atom. The number of aromatic nitrogens is 1. The number of nitrogens with one attached hydrogen (secondary N) is 2. The van der Waals surface area contributed by atoms with Gasteiger partial charge in [-0.15, -0.1) is 0 Å². The molecule has 1 aromatic heterocycles. The van der Waals surface area contributed by atoms with E-state index in [9.17, 15) is 21.6 Å². The summed E-state index contributed by atoms with van der Waals surface area (Å²) in [7, 11) is -7.12. The van der Waals surface area contributed by atoms with Crippen LogP contribution in [0.1, 0.15) is 12.8 Å². The highest BCUT2D eigenvalue weighted by Crippen LogP contribution is 2.20. The van der Waals surface area contributed by atoms with E-state index < -0.39 is 30.7 Å². The molecule has 1 atom stereocenters. The molecule has 1 aliphatic heterocycles. The molecule has 2 heterocycles. The molecule has 1 fully saturated rings. The van der Waals surface area contributed by atoms with Gasteiger partial charge in [0.05, 0.1) is 15.9 Å². The number of pyridine rings is 1. The van der Waals surface area contributed by atoms with Gasteiger partial charge in [0, 0.05) is 12.7 Å². The average molecular weight is 341 g/mol. The summed E-state index contributed by atoms with van der Waals surface area (Å²) in [6.07, 6.45) is 2.00. The zero-order valence-electron chi connectivity index (χ0n) is 10.3. The first kappa shape index (κ1) is 15.5. The van der Waals surface area contributed by atoms with Crippen molar-refractivity contribution < 1.29 is 16.8 Å². The van der Waals surface area contributed by atoms with Gasteiger partial charge < -0.3 is 4.98 Å². The fourth-order valence-electron chi connectivity index (χ4n) is 1.97. The standard InChI is InChI=1S/C10H13ClN2O5S2/c11-9-4-8(5-12-10(9)14)20(17,18)13-6-7-2-1-3-19(7,15)16/h4-5,7,13H,1-3,6H2,(H,12,14). The highest BCUT2D eigenvalue weighted by Gasteiger charge is 2.32. The van der Waals surface area contributed by atoms with Crippen molar-refractivity contribution >= 4 is 31.5 Å². The molecule has 0 aliphatic carbocycles. The van der Waals surface area contributed by atoms with Crippen molar-refractivity contribution in [2.75, 3.05) is 12.3 Å². The van der Waals surface area contributed by atoms with Gasteiger partial charge in [-0.2, -0.15) is 0 Å². The molecule has 1 saturated heterocycles. The van der Waals surface area contributed by atoms with Crippen LogP contribution in [-0.4, -0.2) is 39.4 Å². The molecule has 0 spiro atoms. The normalized spacial score (nSPS) is 21.9. The predicted molar refractivity (Wildman–Crippen MR) is 74.1 cm³/mol. The molecule has 0 radical (unpaired) electrons. The fraction of sp³-hybridized carbons (Fsp3) is 0.500. The minimum atomic E-state index is -3.91. The van der Waals surface area contributed by atoms with Gasteiger partial charge in [-0.05, 0) is 18.9 Å². The van der Waals surface area contributed by atoms with E-state index in [1.165, 1.54) is 0 Å². The molecule has 2 N–H and O–H groups in total. The zero-order chi connectivity index (χ0) is 15.0. The van der Waals surface area contributed by atoms with Crippen molar-refractivity contribution in [3.05, 3.63) is 27.6 Å². The molecular formula is C10H13ClN2O5S2. The second-order valence-electron chi connectivity index (χ2n) is 4.50. The lowest BCUT2D eigenvalue weighted by molar-refractivity contribution is 0.570. The van der Waals surface area contributed by atoms with E-state index >= 15 is 0 Å². The number of sulfonamides is 1. The molecule has 0 aromatic carbocycles. The molecule has 1 unspecified atom stereocenters. The first-order valence-corrected chi connectivity index (χ1v) is 9.39. The van der Waals surface area contributed by atoms with Gasteiger partial charge in [-0.1, -0.05) is 11.6 Å². The molecular weight excluding hydrogens is 328 g/mol. The minimum Gasteiger partial charge on any atom is -0.326 e. The smallest absolute Gasteiger partial charge is 0.266 e. The van der Waals surface area contributed by atoms with E-state index in [-0.39, 0.29) is 22.2 Å². The number of halogens is 1. The number of hydrogen-bond donors (Lipinski definition) is 2. The Bertz CT molecular complexity index is 769. The van der Waals surface area contributed by atoms with E-state index in [4.69, 9.17) is 11.6 Å². The third-order valence-electron chi connectivity index (χ3n) is 3.11. The lowest BCUT2D eigenvalue weighted by atomic mass is 10.2. The Balaban J connectivity index is 2.15. The van der Waals surface area contributed by atoms with Crippen LogP contribution in [0.5, 0.6) is 0 Å². The lowest BCUT2D eigenvalue weighted by Gasteiger charge is -2.11. The van der Waals surface area contributed by atoms with Gasteiger partial charge in [0.1, 0.15) is 5.02 Å². The van der Waals surface area contributed by atoms with E-state index in [1.807, 2.05) is 0 Å². The Morgan fingerprint density at radius 3 is 2.70 bits per heavy atom. The highest BCUT2D eigenvalue weighted by molar-refractivity contribution is 7.92. The average Bonchev–Trinajstić information content (AvgIpc) is 2.69. The van der Waals surface area contributed by atoms with E-state index in [2.05, 4.69) is 9.71 Å². The number of H-pyrrole nitrogens is 1. The maximum atomic E-state index is 12.0. The molecule has 20 heavy (non-hydrogen) atoms. The highest BCUT2D eigenvalue weighted by atomic mass is 35.5. The van der Waals surface area contributed by atoms with Gasteiger partial charge in [0.15, 0.2) is 9.84 Å². The van der Waals surface area contributed by atoms with Gasteiger partial charge in [0.2, 0.25) is 10.0 Å². The van der Waals surface area contributed by atoms with Crippen LogP contribution < -0.4 is 10.3 Å². The Labute approximate surface area is 121 Å². The van der Waals surface area contributed by atoms with Crippen LogP contribution in [0.2, 0.25) is 5.02 Å². The quantitative estimate of drug-likeness (QED) is 0.793. The van der Waals surface area contributed by atoms with Crippen LogP contribution in [-0.2, 0) is 19.9 Å². The molecule has 0 amide bonds. The summed E-state index contributed by atoms with van der Waals surface area (Å²) in [5.74, 6) is 0.0872. The second-order valence-corrected chi connectivity index (χ2v) is 9.07. The Hall–Kier alpha value is -0.900. The van der Waals surface area contributed by atoms with Crippen LogP contribution in [0.25, 0.3) is 0 Å². The Kier molecular flexibility index (Phi) is 4.24. The number of aromatic amines is 1. The van der Waals surface area contributed by atoms with Crippen molar-refractivity contribution in [3.8, 4) is 0 Å². The predicted octanol–water partition coefficient (Wildman–Crippen LogP) is -0.116. The first-order valence-electron chi connectivity index (χ1n) is 5.82. The Morgan fingerprint density at radius 1 is 1.45 bits per heavy atom. The number of rotatable bonds is 4. The maximum Gasteiger partial charge on any atom is 0.266 e. The summed E-state index contributed by atoms with van der Waals surface area (Å²) < 4.78 is 49.4. The third-order valence-corrected chi connectivity index (χ3v) is 7.07. The monoisotopic (exact) mass is 340 g/mol. The summed E-state index contributed by atoms with van der Waals surface area (Å²) in [6.45, 7) is -0.179. The number of sulfone groups is 1. The maximum absolute atomic E-state index is 12.0. The summed E-state index contributed by atoms with van der Waals surface area (Å²) in [5.41, 5.74) is -0.594. The van der Waals surface area contributed by atoms with Crippen LogP contribution >= 0.6 is 11.6 Å². The van der Waals surface area contributed by atoms with Crippen LogP contribution in [0, 0.1) is 0 Å². The fourth-order valence-corrected chi connectivity index (χ4v) is 5.15. The second kappa shape index (κ2) is 5.47. The molecule has 10 heteroatoms. The molecule has 112 valence electrons. The molecule has 7 nitrogen and oxygen atoms in total. The molecule has 1 aromatic rings. The summed E-state index contributed by atoms with van der Waals surface area (Å²) in [5, 5.41) is -0.947. The largest absolute Gasteiger partial charge is 0.326 e. The third kappa shape index (κ3) is 3.22.